The van der Waals surface area contributed by atoms with Crippen molar-refractivity contribution in [3.63, 3.8) is 0 Å². The lowest BCUT2D eigenvalue weighted by Crippen LogP contribution is -2.46. The number of halogens is 3. The van der Waals surface area contributed by atoms with E-state index >= 15 is 0 Å². The van der Waals surface area contributed by atoms with Gasteiger partial charge in [0, 0.05) is 0 Å². The molecular formula is C15H8ClF2NO2. The Hall–Kier alpha value is -2.27. The van der Waals surface area contributed by atoms with Gasteiger partial charge in [0.2, 0.25) is 10.7 Å². The first-order valence-electron chi connectivity index (χ1n) is 6.04. The Morgan fingerprint density at radius 3 is 2.33 bits per heavy atom. The lowest BCUT2D eigenvalue weighted by Gasteiger charge is -2.30. The smallest absolute Gasteiger partial charge is 0.258 e. The summed E-state index contributed by atoms with van der Waals surface area (Å²) in [4.78, 5) is 22.6. The molecule has 1 aliphatic heterocycles. The van der Waals surface area contributed by atoms with Crippen molar-refractivity contribution < 1.29 is 18.4 Å². The van der Waals surface area contributed by atoms with Crippen LogP contribution in [0.3, 0.4) is 0 Å². The van der Waals surface area contributed by atoms with E-state index in [2.05, 4.69) is 5.32 Å². The Morgan fingerprint density at radius 1 is 1.00 bits per heavy atom. The first kappa shape index (κ1) is 13.7. The quantitative estimate of drug-likeness (QED) is 0.649. The van der Waals surface area contributed by atoms with Gasteiger partial charge < -0.3 is 5.32 Å². The number of hydrogen-bond acceptors (Lipinski definition) is 2. The molecule has 0 aliphatic carbocycles. The number of hydrogen-bond donors (Lipinski definition) is 1. The third-order valence-electron chi connectivity index (χ3n) is 3.36. The summed E-state index contributed by atoms with van der Waals surface area (Å²) >= 11 is 6.20. The first-order chi connectivity index (χ1) is 9.94. The number of Topliss-reactive ketones (excluding diaryl/α,β-unsaturated/α-hetero) is 1. The number of rotatable bonds is 1. The van der Waals surface area contributed by atoms with E-state index in [9.17, 15) is 18.4 Å². The molecule has 1 aliphatic rings. The third-order valence-corrected chi connectivity index (χ3v) is 3.92. The molecule has 1 atom stereocenters. The van der Waals surface area contributed by atoms with E-state index in [-0.39, 0.29) is 16.8 Å². The second-order valence-electron chi connectivity index (χ2n) is 4.61. The highest BCUT2D eigenvalue weighted by molar-refractivity contribution is 6.51. The van der Waals surface area contributed by atoms with Crippen molar-refractivity contribution >= 4 is 29.0 Å². The fourth-order valence-corrected chi connectivity index (χ4v) is 2.55. The van der Waals surface area contributed by atoms with Gasteiger partial charge in [-0.3, -0.25) is 9.59 Å². The molecule has 6 heteroatoms. The predicted molar refractivity (Wildman–Crippen MR) is 73.3 cm³/mol. The van der Waals surface area contributed by atoms with Crippen molar-refractivity contribution in [3.05, 3.63) is 65.2 Å². The highest BCUT2D eigenvalue weighted by Gasteiger charge is 2.51. The van der Waals surface area contributed by atoms with Crippen molar-refractivity contribution in [2.75, 3.05) is 5.32 Å². The molecule has 1 N–H and O–H groups in total. The summed E-state index contributed by atoms with van der Waals surface area (Å²) in [6.07, 6.45) is 0. The largest absolute Gasteiger partial charge is 0.323 e. The van der Waals surface area contributed by atoms with Gasteiger partial charge >= 0.3 is 0 Å². The highest BCUT2D eigenvalue weighted by atomic mass is 35.5. The minimum atomic E-state index is -2.11. The molecule has 0 radical (unpaired) electrons. The van der Waals surface area contributed by atoms with Crippen LogP contribution in [0, 0.1) is 11.6 Å². The molecule has 0 saturated carbocycles. The van der Waals surface area contributed by atoms with E-state index in [0.717, 1.165) is 18.2 Å². The number of amides is 1. The zero-order valence-electron chi connectivity index (χ0n) is 10.5. The molecular weight excluding hydrogens is 300 g/mol. The average Bonchev–Trinajstić information content (AvgIpc) is 2.45. The van der Waals surface area contributed by atoms with Crippen LogP contribution in [0.5, 0.6) is 0 Å². The second kappa shape index (κ2) is 4.63. The maximum Gasteiger partial charge on any atom is 0.258 e. The molecule has 3 rings (SSSR count). The SMILES string of the molecule is O=C1Nc2cccc(F)c2C(=O)C1(Cl)c1ccc(F)cc1. The van der Waals surface area contributed by atoms with Crippen molar-refractivity contribution in [2.45, 2.75) is 4.87 Å². The van der Waals surface area contributed by atoms with E-state index in [1.807, 2.05) is 0 Å². The van der Waals surface area contributed by atoms with E-state index in [1.54, 1.807) is 0 Å². The number of fused-ring (bicyclic) bond motifs is 1. The van der Waals surface area contributed by atoms with Crippen LogP contribution in [0.25, 0.3) is 0 Å². The zero-order valence-corrected chi connectivity index (χ0v) is 11.2. The van der Waals surface area contributed by atoms with Crippen LogP contribution in [0.2, 0.25) is 0 Å². The molecule has 2 aromatic carbocycles. The molecule has 0 fully saturated rings. The summed E-state index contributed by atoms with van der Waals surface area (Å²) in [5, 5.41) is 2.41. The number of carbonyl (C=O) groups is 2. The molecule has 0 spiro atoms. The van der Waals surface area contributed by atoms with Crippen LogP contribution >= 0.6 is 11.6 Å². The summed E-state index contributed by atoms with van der Waals surface area (Å²) in [5.41, 5.74) is -0.123. The third kappa shape index (κ3) is 1.93. The molecule has 1 heterocycles. The summed E-state index contributed by atoms with van der Waals surface area (Å²) in [5.74, 6) is -2.97. The highest BCUT2D eigenvalue weighted by Crippen LogP contribution is 2.40. The molecule has 1 amide bonds. The van der Waals surface area contributed by atoms with Gasteiger partial charge in [-0.25, -0.2) is 8.78 Å². The van der Waals surface area contributed by atoms with Crippen molar-refractivity contribution in [2.24, 2.45) is 0 Å². The summed E-state index contributed by atoms with van der Waals surface area (Å²) in [6.45, 7) is 0. The van der Waals surface area contributed by atoms with Gasteiger partial charge in [0.1, 0.15) is 11.6 Å². The monoisotopic (exact) mass is 307 g/mol. The maximum atomic E-state index is 13.9. The molecule has 3 nitrogen and oxygen atoms in total. The number of benzene rings is 2. The molecule has 2 aromatic rings. The van der Waals surface area contributed by atoms with Gasteiger partial charge in [-0.1, -0.05) is 29.8 Å². The molecule has 106 valence electrons. The molecule has 1 unspecified atom stereocenters. The van der Waals surface area contributed by atoms with Gasteiger partial charge in [0.05, 0.1) is 11.3 Å². The number of anilines is 1. The van der Waals surface area contributed by atoms with E-state index < -0.39 is 28.2 Å². The zero-order chi connectivity index (χ0) is 15.2. The normalized spacial score (nSPS) is 20.9. The minimum absolute atomic E-state index is 0.0726. The van der Waals surface area contributed by atoms with E-state index in [1.165, 1.54) is 24.3 Å². The fraction of sp³-hybridized carbons (Fsp3) is 0.0667. The van der Waals surface area contributed by atoms with Crippen LogP contribution in [-0.4, -0.2) is 11.7 Å². The Kier molecular flexibility index (Phi) is 3.02. The van der Waals surface area contributed by atoms with Crippen molar-refractivity contribution in [3.8, 4) is 0 Å². The lowest BCUT2D eigenvalue weighted by atomic mass is 9.85. The number of ketones is 1. The Labute approximate surface area is 123 Å². The Bertz CT molecular complexity index is 761. The molecule has 21 heavy (non-hydrogen) atoms. The molecule has 0 bridgehead atoms. The van der Waals surface area contributed by atoms with Crippen LogP contribution in [0.15, 0.2) is 42.5 Å². The summed E-state index contributed by atoms with van der Waals surface area (Å²) < 4.78 is 26.9. The Morgan fingerprint density at radius 2 is 1.67 bits per heavy atom. The fourth-order valence-electron chi connectivity index (χ4n) is 2.28. The van der Waals surface area contributed by atoms with E-state index in [4.69, 9.17) is 11.6 Å². The van der Waals surface area contributed by atoms with Crippen LogP contribution in [0.1, 0.15) is 15.9 Å². The second-order valence-corrected chi connectivity index (χ2v) is 5.18. The number of nitrogens with one attached hydrogen (secondary N) is 1. The van der Waals surface area contributed by atoms with Gasteiger partial charge in [0.25, 0.3) is 5.91 Å². The van der Waals surface area contributed by atoms with E-state index in [0.29, 0.717) is 0 Å². The predicted octanol–water partition coefficient (Wildman–Crippen LogP) is 3.23. The van der Waals surface area contributed by atoms with Crippen LogP contribution < -0.4 is 5.32 Å². The average molecular weight is 308 g/mol. The number of alkyl halides is 1. The van der Waals surface area contributed by atoms with Crippen LogP contribution in [0.4, 0.5) is 14.5 Å². The summed E-state index contributed by atoms with van der Waals surface area (Å²) in [7, 11) is 0. The number of carbonyl (C=O) groups excluding carboxylic acids is 2. The standard InChI is InChI=1S/C15H8ClF2NO2/c16-15(8-4-6-9(17)7-5-8)13(20)12-10(18)2-1-3-11(12)19-14(15)21/h1-7H,(H,19,21). The van der Waals surface area contributed by atoms with Gasteiger partial charge in [-0.05, 0) is 29.8 Å². The lowest BCUT2D eigenvalue weighted by molar-refractivity contribution is -0.117. The topological polar surface area (TPSA) is 46.2 Å². The first-order valence-corrected chi connectivity index (χ1v) is 6.42. The van der Waals surface area contributed by atoms with Crippen molar-refractivity contribution in [1.29, 1.82) is 0 Å². The Balaban J connectivity index is 2.20. The minimum Gasteiger partial charge on any atom is -0.323 e. The molecule has 0 saturated heterocycles. The molecule has 0 aromatic heterocycles. The maximum absolute atomic E-state index is 13.9. The van der Waals surface area contributed by atoms with Crippen LogP contribution in [-0.2, 0) is 9.67 Å². The van der Waals surface area contributed by atoms with Gasteiger partial charge in [-0.15, -0.1) is 0 Å². The van der Waals surface area contributed by atoms with Gasteiger partial charge in [0.15, 0.2) is 0 Å². The summed E-state index contributed by atoms with van der Waals surface area (Å²) in [6, 6.07) is 8.51. The van der Waals surface area contributed by atoms with Gasteiger partial charge in [-0.2, -0.15) is 0 Å². The van der Waals surface area contributed by atoms with Crippen molar-refractivity contribution in [1.82, 2.24) is 0 Å².